The first-order valence-corrected chi connectivity index (χ1v) is 8.18. The Bertz CT molecular complexity index is 799. The molecule has 1 heterocycles. The van der Waals surface area contributed by atoms with Crippen LogP contribution in [0.1, 0.15) is 16.7 Å². The Labute approximate surface area is 148 Å². The van der Waals surface area contributed by atoms with E-state index in [1.54, 1.807) is 21.3 Å². The van der Waals surface area contributed by atoms with Crippen molar-refractivity contribution < 1.29 is 18.9 Å². The summed E-state index contributed by atoms with van der Waals surface area (Å²) < 4.78 is 22.5. The van der Waals surface area contributed by atoms with Gasteiger partial charge in [0.1, 0.15) is 5.75 Å². The fourth-order valence-corrected chi connectivity index (χ4v) is 2.92. The van der Waals surface area contributed by atoms with Gasteiger partial charge in [-0.05, 0) is 37.7 Å². The van der Waals surface area contributed by atoms with Gasteiger partial charge < -0.3 is 24.3 Å². The van der Waals surface area contributed by atoms with Crippen LogP contribution in [0.5, 0.6) is 28.7 Å². The first kappa shape index (κ1) is 17.2. The van der Waals surface area contributed by atoms with Gasteiger partial charge in [-0.15, -0.1) is 0 Å². The van der Waals surface area contributed by atoms with E-state index in [2.05, 4.69) is 17.5 Å². The Balaban J connectivity index is 2.12. The topological polar surface area (TPSA) is 49.0 Å². The lowest BCUT2D eigenvalue weighted by molar-refractivity contribution is 0.349. The summed E-state index contributed by atoms with van der Waals surface area (Å²) in [5, 5.41) is 3.19. The van der Waals surface area contributed by atoms with Gasteiger partial charge >= 0.3 is 0 Å². The van der Waals surface area contributed by atoms with Crippen molar-refractivity contribution >= 4 is 12.2 Å². The molecule has 132 valence electrons. The minimum atomic E-state index is 0.628. The molecule has 5 heteroatoms. The molecule has 1 aliphatic rings. The summed E-state index contributed by atoms with van der Waals surface area (Å²) in [6, 6.07) is 7.78. The van der Waals surface area contributed by atoms with Gasteiger partial charge in [0, 0.05) is 17.2 Å². The van der Waals surface area contributed by atoms with Crippen LogP contribution in [0.4, 0.5) is 0 Å². The molecule has 0 unspecified atom stereocenters. The predicted octanol–water partition coefficient (Wildman–Crippen LogP) is 3.75. The van der Waals surface area contributed by atoms with Crippen LogP contribution in [-0.4, -0.2) is 34.9 Å². The van der Waals surface area contributed by atoms with Crippen molar-refractivity contribution in [3.05, 3.63) is 41.0 Å². The highest BCUT2D eigenvalue weighted by Crippen LogP contribution is 2.45. The van der Waals surface area contributed by atoms with Gasteiger partial charge in [-0.1, -0.05) is 18.2 Å². The highest BCUT2D eigenvalue weighted by molar-refractivity contribution is 5.81. The third-order valence-electron chi connectivity index (χ3n) is 4.27. The molecule has 0 amide bonds. The highest BCUT2D eigenvalue weighted by Gasteiger charge is 2.20. The summed E-state index contributed by atoms with van der Waals surface area (Å²) in [6.07, 6.45) is 5.01. The molecule has 0 atom stereocenters. The molecule has 1 N–H and O–H groups in total. The first-order chi connectivity index (χ1) is 12.2. The minimum Gasteiger partial charge on any atom is -0.493 e. The second kappa shape index (κ2) is 7.49. The maximum Gasteiger partial charge on any atom is 0.176 e. The Morgan fingerprint density at radius 2 is 1.64 bits per heavy atom. The standard InChI is InChI=1S/C20H23NO4/c1-21-10-9-13-6-8-16(22-2)20-15(13)7-5-14-11-18(23-3)19(24-4)12-17(14)25-20/h5-8,11-12,21H,9-10H2,1-4H3. The zero-order chi connectivity index (χ0) is 17.8. The van der Waals surface area contributed by atoms with Crippen molar-refractivity contribution in [1.82, 2.24) is 5.32 Å². The molecule has 0 aromatic heterocycles. The fourth-order valence-electron chi connectivity index (χ4n) is 2.92. The molecule has 0 saturated carbocycles. The summed E-state index contributed by atoms with van der Waals surface area (Å²) in [4.78, 5) is 0. The average molecular weight is 341 g/mol. The van der Waals surface area contributed by atoms with Gasteiger partial charge in [0.25, 0.3) is 0 Å². The van der Waals surface area contributed by atoms with Crippen LogP contribution in [0.3, 0.4) is 0 Å². The molecular weight excluding hydrogens is 318 g/mol. The number of nitrogens with one attached hydrogen (secondary N) is 1. The molecular formula is C20H23NO4. The number of hydrogen-bond acceptors (Lipinski definition) is 5. The number of likely N-dealkylation sites (N-methyl/N-ethyl adjacent to an activating group) is 1. The SMILES string of the molecule is CNCCc1ccc(OC)c2c1C=Cc1cc(OC)c(OC)cc1O2. The molecule has 0 aliphatic carbocycles. The predicted molar refractivity (Wildman–Crippen MR) is 99.2 cm³/mol. The van der Waals surface area contributed by atoms with E-state index in [-0.39, 0.29) is 0 Å². The van der Waals surface area contributed by atoms with Crippen LogP contribution < -0.4 is 24.3 Å². The molecule has 5 nitrogen and oxygen atoms in total. The lowest BCUT2D eigenvalue weighted by Crippen LogP contribution is -2.11. The molecule has 1 aliphatic heterocycles. The van der Waals surface area contributed by atoms with E-state index >= 15 is 0 Å². The monoisotopic (exact) mass is 341 g/mol. The van der Waals surface area contributed by atoms with Crippen LogP contribution in [0.2, 0.25) is 0 Å². The smallest absolute Gasteiger partial charge is 0.176 e. The summed E-state index contributed by atoms with van der Waals surface area (Å²) in [5.41, 5.74) is 3.16. The van der Waals surface area contributed by atoms with E-state index in [1.807, 2.05) is 31.3 Å². The highest BCUT2D eigenvalue weighted by atomic mass is 16.5. The van der Waals surface area contributed by atoms with Gasteiger partial charge in [0.2, 0.25) is 0 Å². The van der Waals surface area contributed by atoms with Crippen LogP contribution in [-0.2, 0) is 6.42 Å². The quantitative estimate of drug-likeness (QED) is 0.740. The molecule has 0 radical (unpaired) electrons. The van der Waals surface area contributed by atoms with Gasteiger partial charge in [-0.3, -0.25) is 0 Å². The van der Waals surface area contributed by atoms with Crippen molar-refractivity contribution in [2.24, 2.45) is 0 Å². The van der Waals surface area contributed by atoms with E-state index in [0.29, 0.717) is 23.0 Å². The van der Waals surface area contributed by atoms with E-state index in [0.717, 1.165) is 29.8 Å². The van der Waals surface area contributed by atoms with Crippen LogP contribution >= 0.6 is 0 Å². The molecule has 0 fully saturated rings. The molecule has 2 aromatic rings. The minimum absolute atomic E-state index is 0.628. The van der Waals surface area contributed by atoms with Crippen molar-refractivity contribution in [2.45, 2.75) is 6.42 Å². The Kier molecular flexibility index (Phi) is 5.14. The zero-order valence-electron chi connectivity index (χ0n) is 15.0. The lowest BCUT2D eigenvalue weighted by atomic mass is 10.0. The van der Waals surface area contributed by atoms with Gasteiger partial charge in [-0.2, -0.15) is 0 Å². The first-order valence-electron chi connectivity index (χ1n) is 8.18. The summed E-state index contributed by atoms with van der Waals surface area (Å²) in [6.45, 7) is 0.890. The van der Waals surface area contributed by atoms with Crippen molar-refractivity contribution in [2.75, 3.05) is 34.9 Å². The maximum absolute atomic E-state index is 6.24. The Morgan fingerprint density at radius 1 is 0.920 bits per heavy atom. The number of benzene rings is 2. The van der Waals surface area contributed by atoms with Gasteiger partial charge in [0.05, 0.1) is 21.3 Å². The van der Waals surface area contributed by atoms with Crippen molar-refractivity contribution in [1.29, 1.82) is 0 Å². The Hall–Kier alpha value is -2.66. The number of methoxy groups -OCH3 is 3. The molecule has 0 saturated heterocycles. The third-order valence-corrected chi connectivity index (χ3v) is 4.27. The Morgan fingerprint density at radius 3 is 2.32 bits per heavy atom. The number of hydrogen-bond donors (Lipinski definition) is 1. The largest absolute Gasteiger partial charge is 0.493 e. The van der Waals surface area contributed by atoms with Gasteiger partial charge in [0.15, 0.2) is 23.0 Å². The van der Waals surface area contributed by atoms with E-state index in [4.69, 9.17) is 18.9 Å². The maximum atomic E-state index is 6.24. The van der Waals surface area contributed by atoms with Gasteiger partial charge in [-0.25, -0.2) is 0 Å². The van der Waals surface area contributed by atoms with E-state index < -0.39 is 0 Å². The summed E-state index contributed by atoms with van der Waals surface area (Å²) >= 11 is 0. The van der Waals surface area contributed by atoms with Crippen LogP contribution in [0.25, 0.3) is 12.2 Å². The van der Waals surface area contributed by atoms with Crippen molar-refractivity contribution in [3.63, 3.8) is 0 Å². The number of ether oxygens (including phenoxy) is 4. The molecule has 0 bridgehead atoms. The summed E-state index contributed by atoms with van der Waals surface area (Å²) in [5.74, 6) is 3.43. The normalized spacial score (nSPS) is 11.8. The zero-order valence-corrected chi connectivity index (χ0v) is 15.0. The second-order valence-corrected chi connectivity index (χ2v) is 5.70. The molecule has 2 aromatic carbocycles. The number of fused-ring (bicyclic) bond motifs is 2. The number of rotatable bonds is 6. The third kappa shape index (κ3) is 3.28. The molecule has 0 spiro atoms. The van der Waals surface area contributed by atoms with Crippen molar-refractivity contribution in [3.8, 4) is 28.7 Å². The summed E-state index contributed by atoms with van der Waals surface area (Å²) in [7, 11) is 6.83. The lowest BCUT2D eigenvalue weighted by Gasteiger charge is -2.17. The fraction of sp³-hybridized carbons (Fsp3) is 0.300. The van der Waals surface area contributed by atoms with E-state index in [1.165, 1.54) is 5.56 Å². The average Bonchev–Trinajstić information content (AvgIpc) is 2.84. The molecule has 3 rings (SSSR count). The van der Waals surface area contributed by atoms with Crippen LogP contribution in [0, 0.1) is 0 Å². The second-order valence-electron chi connectivity index (χ2n) is 5.70. The van der Waals surface area contributed by atoms with E-state index in [9.17, 15) is 0 Å². The molecule has 25 heavy (non-hydrogen) atoms. The van der Waals surface area contributed by atoms with Crippen LogP contribution in [0.15, 0.2) is 24.3 Å².